The molecule has 298 valence electrons. The molecule has 3 N–H and O–H groups in total. The zero-order valence-electron chi connectivity index (χ0n) is 33.2. The van der Waals surface area contributed by atoms with Crippen molar-refractivity contribution in [1.82, 2.24) is 19.5 Å². The summed E-state index contributed by atoms with van der Waals surface area (Å²) < 4.78 is 26.5. The zero-order valence-corrected chi connectivity index (χ0v) is 34.2. The van der Waals surface area contributed by atoms with Crippen LogP contribution in [0.15, 0.2) is 103 Å². The molecular weight excluding hydrogens is 751 g/mol. The Labute approximate surface area is 338 Å². The monoisotopic (exact) mass is 797 g/mol. The molecule has 0 radical (unpaired) electrons. The van der Waals surface area contributed by atoms with Gasteiger partial charge in [0, 0.05) is 54.9 Å². The van der Waals surface area contributed by atoms with Crippen LogP contribution in [0.2, 0.25) is 5.04 Å². The molecule has 4 aromatic carbocycles. The third-order valence-corrected chi connectivity index (χ3v) is 16.4. The zero-order chi connectivity index (χ0) is 40.8. The molecule has 1 saturated heterocycles. The maximum absolute atomic E-state index is 13.8. The van der Waals surface area contributed by atoms with Crippen molar-refractivity contribution in [2.24, 2.45) is 0 Å². The van der Waals surface area contributed by atoms with E-state index < -0.39 is 33.0 Å². The smallest absolute Gasteiger partial charge is 0.261 e. The number of carbonyl (C=O) groups is 2. The molecule has 6 aromatic rings. The fourth-order valence-corrected chi connectivity index (χ4v) is 13.2. The van der Waals surface area contributed by atoms with Crippen molar-refractivity contribution < 1.29 is 33.3 Å². The minimum Gasteiger partial charge on any atom is -0.405 e. The first-order valence-electron chi connectivity index (χ1n) is 19.4. The lowest BCUT2D eigenvalue weighted by Crippen LogP contribution is -2.67. The average Bonchev–Trinajstić information content (AvgIpc) is 3.80. The Balaban J connectivity index is 1.06. The van der Waals surface area contributed by atoms with Gasteiger partial charge in [-0.05, 0) is 45.6 Å². The molecule has 3 atom stereocenters. The highest BCUT2D eigenvalue weighted by molar-refractivity contribution is 6.99. The summed E-state index contributed by atoms with van der Waals surface area (Å²) in [6.45, 7) is 6.82. The second kappa shape index (κ2) is 15.7. The Morgan fingerprint density at radius 1 is 0.845 bits per heavy atom. The Morgan fingerprint density at radius 3 is 2.09 bits per heavy atom. The summed E-state index contributed by atoms with van der Waals surface area (Å²) >= 11 is 0. The summed E-state index contributed by atoms with van der Waals surface area (Å²) in [5, 5.41) is 13.6. The van der Waals surface area contributed by atoms with Crippen LogP contribution in [-0.4, -0.2) is 77.5 Å². The fourth-order valence-electron chi connectivity index (χ4n) is 8.58. The number of methoxy groups -OCH3 is 2. The maximum Gasteiger partial charge on any atom is 0.261 e. The number of aliphatic hydroxyl groups excluding tert-OH is 1. The van der Waals surface area contributed by atoms with Crippen LogP contribution in [0, 0.1) is 0 Å². The number of imidazole rings is 1. The highest BCUT2D eigenvalue weighted by atomic mass is 28.4. The van der Waals surface area contributed by atoms with E-state index >= 15 is 0 Å². The largest absolute Gasteiger partial charge is 0.405 e. The van der Waals surface area contributed by atoms with Crippen molar-refractivity contribution in [2.45, 2.75) is 69.8 Å². The molecule has 8 rings (SSSR count). The number of fused-ring (bicyclic) bond motifs is 3. The number of ketones is 2. The average molecular weight is 798 g/mol. The van der Waals surface area contributed by atoms with E-state index in [2.05, 4.69) is 55.0 Å². The number of aryl methyl sites for hydroxylation is 2. The predicted molar refractivity (Wildman–Crippen MR) is 222 cm³/mol. The number of nitrogen functional groups attached to an aromatic ring is 1. The highest BCUT2D eigenvalue weighted by Crippen LogP contribution is 2.39. The number of rotatable bonds is 12. The fraction of sp³-hybridized carbons (Fsp3) is 0.311. The summed E-state index contributed by atoms with van der Waals surface area (Å²) in [4.78, 5) is 41.0. The molecular formula is C45H47N5O7Si. The first-order chi connectivity index (χ1) is 27.9. The Bertz CT molecular complexity index is 2440. The number of carbonyl (C=O) groups excluding carboxylic acids is 2. The number of nitrogens with two attached hydrogens (primary N) is 1. The van der Waals surface area contributed by atoms with E-state index in [0.29, 0.717) is 57.6 Å². The van der Waals surface area contributed by atoms with Gasteiger partial charge in [-0.25, -0.2) is 15.0 Å². The number of anilines is 1. The Kier molecular flexibility index (Phi) is 10.7. The van der Waals surface area contributed by atoms with E-state index in [1.54, 1.807) is 30.3 Å². The van der Waals surface area contributed by atoms with Gasteiger partial charge in [-0.15, -0.1) is 0 Å². The molecule has 12 nitrogen and oxygen atoms in total. The first kappa shape index (κ1) is 39.4. The molecule has 0 bridgehead atoms. The number of nitrogens with zero attached hydrogens (tertiary/aromatic N) is 4. The third-order valence-electron chi connectivity index (χ3n) is 11.4. The SMILES string of the molecule is COC(OC)c1ccc2c(c1)C(=O)c1ccc(CCc3nc4c(N)ncnc4n3[C@H]3C[C@H](O)[C@@H](CO[Si](c4ccccc4)(c4ccccc4)C(C)(C)C)O3)cc1C2=O. The van der Waals surface area contributed by atoms with Gasteiger partial charge >= 0.3 is 0 Å². The highest BCUT2D eigenvalue weighted by Gasteiger charge is 2.51. The van der Waals surface area contributed by atoms with Crippen LogP contribution in [0.1, 0.15) is 88.5 Å². The molecule has 0 unspecified atom stereocenters. The number of ether oxygens (including phenoxy) is 3. The molecule has 0 amide bonds. The minimum absolute atomic E-state index is 0.176. The summed E-state index contributed by atoms with van der Waals surface area (Å²) in [5.41, 5.74) is 10.1. The van der Waals surface area contributed by atoms with Gasteiger partial charge in [-0.3, -0.25) is 14.2 Å². The van der Waals surface area contributed by atoms with Crippen molar-refractivity contribution in [3.63, 3.8) is 0 Å². The Morgan fingerprint density at radius 2 is 1.47 bits per heavy atom. The first-order valence-corrected chi connectivity index (χ1v) is 21.3. The molecule has 13 heteroatoms. The molecule has 2 aliphatic rings. The van der Waals surface area contributed by atoms with Gasteiger partial charge in [0.2, 0.25) is 0 Å². The van der Waals surface area contributed by atoms with Crippen molar-refractivity contribution in [2.75, 3.05) is 26.6 Å². The van der Waals surface area contributed by atoms with E-state index in [1.807, 2.05) is 47.0 Å². The Hall–Kier alpha value is -5.41. The van der Waals surface area contributed by atoms with Gasteiger partial charge in [0.15, 0.2) is 34.8 Å². The van der Waals surface area contributed by atoms with E-state index in [4.69, 9.17) is 29.4 Å². The third kappa shape index (κ3) is 6.87. The van der Waals surface area contributed by atoms with E-state index in [-0.39, 0.29) is 35.5 Å². The van der Waals surface area contributed by atoms with Crippen LogP contribution in [-0.2, 0) is 31.5 Å². The van der Waals surface area contributed by atoms with E-state index in [9.17, 15) is 14.7 Å². The van der Waals surface area contributed by atoms with Crippen molar-refractivity contribution >= 4 is 47.2 Å². The molecule has 0 spiro atoms. The van der Waals surface area contributed by atoms with Crippen molar-refractivity contribution in [3.05, 3.63) is 143 Å². The quantitative estimate of drug-likeness (QED) is 0.119. The summed E-state index contributed by atoms with van der Waals surface area (Å²) in [5.74, 6) is 0.415. The molecule has 0 saturated carbocycles. The van der Waals surface area contributed by atoms with Crippen molar-refractivity contribution in [3.8, 4) is 0 Å². The lowest BCUT2D eigenvalue weighted by Gasteiger charge is -2.43. The van der Waals surface area contributed by atoms with Crippen LogP contribution in [0.4, 0.5) is 5.82 Å². The van der Waals surface area contributed by atoms with Gasteiger partial charge < -0.3 is 29.5 Å². The van der Waals surface area contributed by atoms with E-state index in [1.165, 1.54) is 20.5 Å². The standard InChI is InChI=1S/C45H47N5O7Si/c1-45(2,3)58(29-12-8-6-9-13-29,30-14-10-7-11-15-30)56-25-36-35(51)24-38(57-36)50-37(49-39-42(46)47-26-48-43(39)50)21-17-27-16-19-31-33(22-27)40(52)32-20-18-28(44(54-4)55-5)23-34(32)41(31)53/h6-16,18-20,22-23,26,35-36,38,44,51H,17,21,24-25H2,1-5H3,(H2,46,47,48)/t35-,36+,38+/m0/s1. The molecule has 1 fully saturated rings. The van der Waals surface area contributed by atoms with Crippen LogP contribution < -0.4 is 16.1 Å². The number of hydrogen-bond acceptors (Lipinski definition) is 11. The van der Waals surface area contributed by atoms with E-state index in [0.717, 1.165) is 15.9 Å². The van der Waals surface area contributed by atoms with Crippen LogP contribution in [0.25, 0.3) is 11.2 Å². The van der Waals surface area contributed by atoms with Gasteiger partial charge in [-0.1, -0.05) is 99.6 Å². The molecule has 58 heavy (non-hydrogen) atoms. The molecule has 1 aliphatic heterocycles. The van der Waals surface area contributed by atoms with Crippen LogP contribution >= 0.6 is 0 Å². The molecule has 1 aliphatic carbocycles. The number of hydrogen-bond donors (Lipinski definition) is 2. The van der Waals surface area contributed by atoms with Crippen LogP contribution in [0.3, 0.4) is 0 Å². The molecule has 2 aromatic heterocycles. The number of aromatic nitrogens is 4. The lowest BCUT2D eigenvalue weighted by atomic mass is 9.82. The predicted octanol–water partition coefficient (Wildman–Crippen LogP) is 5.49. The summed E-state index contributed by atoms with van der Waals surface area (Å²) in [6.07, 6.45) is -0.151. The normalized spacial score (nSPS) is 18.2. The van der Waals surface area contributed by atoms with Gasteiger partial charge in [0.1, 0.15) is 24.5 Å². The molecule has 3 heterocycles. The van der Waals surface area contributed by atoms with Crippen molar-refractivity contribution in [1.29, 1.82) is 0 Å². The second-order valence-corrected chi connectivity index (χ2v) is 20.2. The topological polar surface area (TPSA) is 161 Å². The lowest BCUT2D eigenvalue weighted by molar-refractivity contribution is -0.106. The maximum atomic E-state index is 13.8. The van der Waals surface area contributed by atoms with Gasteiger partial charge in [-0.2, -0.15) is 0 Å². The van der Waals surface area contributed by atoms with Crippen LogP contribution in [0.5, 0.6) is 0 Å². The number of aliphatic hydroxyl groups is 1. The summed E-state index contributed by atoms with van der Waals surface area (Å²) in [7, 11) is 0.134. The van der Waals surface area contributed by atoms with Gasteiger partial charge in [0.05, 0.1) is 12.7 Å². The number of benzene rings is 4. The second-order valence-electron chi connectivity index (χ2n) is 15.9. The van der Waals surface area contributed by atoms with Gasteiger partial charge in [0.25, 0.3) is 8.32 Å². The summed E-state index contributed by atoms with van der Waals surface area (Å²) in [6, 6.07) is 31.2. The minimum atomic E-state index is -2.90.